The fourth-order valence-corrected chi connectivity index (χ4v) is 4.00. The van der Waals surface area contributed by atoms with Crippen molar-refractivity contribution in [3.63, 3.8) is 0 Å². The summed E-state index contributed by atoms with van der Waals surface area (Å²) in [5, 5.41) is 25.2. The number of benzene rings is 2. The molecule has 3 N–H and O–H groups in total. The van der Waals surface area contributed by atoms with Crippen LogP contribution in [0.15, 0.2) is 55.4 Å². The van der Waals surface area contributed by atoms with Crippen LogP contribution in [0.5, 0.6) is 11.5 Å². The Bertz CT molecular complexity index is 1150. The van der Waals surface area contributed by atoms with Gasteiger partial charge < -0.3 is 15.5 Å². The van der Waals surface area contributed by atoms with Gasteiger partial charge in [0.1, 0.15) is 11.5 Å². The SMILES string of the molecule is C=C(C)c1ccc(C)cc1-c1c(O)cc(CCCCC)c(C(=O)NCc2cccnc2)c1O. The van der Waals surface area contributed by atoms with Gasteiger partial charge in [-0.1, -0.05) is 61.7 Å². The van der Waals surface area contributed by atoms with Crippen molar-refractivity contribution in [1.29, 1.82) is 0 Å². The maximum Gasteiger partial charge on any atom is 0.255 e. The number of hydrogen-bond donors (Lipinski definition) is 3. The Balaban J connectivity index is 2.10. The Morgan fingerprint density at radius 2 is 1.94 bits per heavy atom. The quantitative estimate of drug-likeness (QED) is 0.345. The Labute approximate surface area is 195 Å². The molecule has 0 radical (unpaired) electrons. The molecule has 1 aromatic heterocycles. The molecule has 1 amide bonds. The molecule has 5 heteroatoms. The third-order valence-electron chi connectivity index (χ3n) is 5.72. The molecule has 3 aromatic rings. The molecule has 0 aliphatic heterocycles. The van der Waals surface area contributed by atoms with Crippen molar-refractivity contribution in [2.75, 3.05) is 0 Å². The standard InChI is InChI=1S/C28H32N2O3/c1-5-6-7-10-21-15-24(31)26(23-14-19(4)11-12-22(23)18(2)3)27(32)25(21)28(33)30-17-20-9-8-13-29-16-20/h8-9,11-16,31-32H,2,5-7,10,17H2,1,3-4H3,(H,30,33). The molecule has 2 aromatic carbocycles. The van der Waals surface area contributed by atoms with Crippen molar-refractivity contribution in [1.82, 2.24) is 10.3 Å². The van der Waals surface area contributed by atoms with E-state index in [0.717, 1.165) is 41.5 Å². The first-order valence-electron chi connectivity index (χ1n) is 11.3. The second-order valence-corrected chi connectivity index (χ2v) is 8.48. The first kappa shape index (κ1) is 24.1. The van der Waals surface area contributed by atoms with E-state index in [1.54, 1.807) is 18.5 Å². The molecule has 0 aliphatic rings. The number of aryl methyl sites for hydroxylation is 2. The van der Waals surface area contributed by atoms with Crippen LogP contribution in [0.3, 0.4) is 0 Å². The summed E-state index contributed by atoms with van der Waals surface area (Å²) in [5.41, 5.74) is 5.20. The van der Waals surface area contributed by atoms with Crippen molar-refractivity contribution in [3.8, 4) is 22.6 Å². The van der Waals surface area contributed by atoms with Gasteiger partial charge in [-0.15, -0.1) is 0 Å². The van der Waals surface area contributed by atoms with Crippen LogP contribution in [0.2, 0.25) is 0 Å². The molecule has 3 rings (SSSR count). The van der Waals surface area contributed by atoms with Gasteiger partial charge in [-0.05, 0) is 61.1 Å². The van der Waals surface area contributed by atoms with Gasteiger partial charge in [0.2, 0.25) is 0 Å². The van der Waals surface area contributed by atoms with Gasteiger partial charge in [0.15, 0.2) is 0 Å². The van der Waals surface area contributed by atoms with Crippen LogP contribution in [0.4, 0.5) is 0 Å². The second-order valence-electron chi connectivity index (χ2n) is 8.48. The minimum absolute atomic E-state index is 0.0455. The summed E-state index contributed by atoms with van der Waals surface area (Å²) in [6.07, 6.45) is 6.85. The van der Waals surface area contributed by atoms with Gasteiger partial charge in [0, 0.05) is 18.9 Å². The fourth-order valence-electron chi connectivity index (χ4n) is 4.00. The van der Waals surface area contributed by atoms with Crippen molar-refractivity contribution in [2.24, 2.45) is 0 Å². The van der Waals surface area contributed by atoms with Gasteiger partial charge >= 0.3 is 0 Å². The van der Waals surface area contributed by atoms with Crippen LogP contribution in [-0.2, 0) is 13.0 Å². The van der Waals surface area contributed by atoms with Gasteiger partial charge in [-0.2, -0.15) is 0 Å². The van der Waals surface area contributed by atoms with E-state index in [4.69, 9.17) is 0 Å². The van der Waals surface area contributed by atoms with E-state index in [-0.39, 0.29) is 35.1 Å². The second kappa shape index (κ2) is 10.8. The third kappa shape index (κ3) is 5.61. The summed E-state index contributed by atoms with van der Waals surface area (Å²) in [4.78, 5) is 17.4. The maximum atomic E-state index is 13.3. The highest BCUT2D eigenvalue weighted by Crippen LogP contribution is 2.44. The fraction of sp³-hybridized carbons (Fsp3) is 0.286. The number of nitrogens with zero attached hydrogens (tertiary/aromatic N) is 1. The number of phenolic OH excluding ortho intramolecular Hbond substituents is 2. The molecule has 0 bridgehead atoms. The number of pyridine rings is 1. The van der Waals surface area contributed by atoms with E-state index in [9.17, 15) is 15.0 Å². The van der Waals surface area contributed by atoms with Crippen molar-refractivity contribution >= 4 is 11.5 Å². The molecule has 0 unspecified atom stereocenters. The predicted octanol–water partition coefficient (Wildman–Crippen LogP) is 6.16. The summed E-state index contributed by atoms with van der Waals surface area (Å²) in [6.45, 7) is 10.3. The van der Waals surface area contributed by atoms with Gasteiger partial charge in [0.05, 0.1) is 11.1 Å². The molecular formula is C28H32N2O3. The van der Waals surface area contributed by atoms with Gasteiger partial charge in [-0.25, -0.2) is 0 Å². The number of nitrogens with one attached hydrogen (secondary N) is 1. The summed E-state index contributed by atoms with van der Waals surface area (Å²) in [5.74, 6) is -0.636. The average molecular weight is 445 g/mol. The van der Waals surface area contributed by atoms with E-state index in [1.165, 1.54) is 0 Å². The van der Waals surface area contributed by atoms with Gasteiger partial charge in [0.25, 0.3) is 5.91 Å². The smallest absolute Gasteiger partial charge is 0.255 e. The molecule has 0 spiro atoms. The zero-order chi connectivity index (χ0) is 24.0. The molecule has 5 nitrogen and oxygen atoms in total. The van der Waals surface area contributed by atoms with E-state index >= 15 is 0 Å². The predicted molar refractivity (Wildman–Crippen MR) is 133 cm³/mol. The molecule has 172 valence electrons. The zero-order valence-electron chi connectivity index (χ0n) is 19.6. The van der Waals surface area contributed by atoms with Crippen LogP contribution in [-0.4, -0.2) is 21.1 Å². The normalized spacial score (nSPS) is 10.8. The summed E-state index contributed by atoms with van der Waals surface area (Å²) in [7, 11) is 0. The number of carbonyl (C=O) groups is 1. The Hall–Kier alpha value is -3.60. The number of phenols is 2. The van der Waals surface area contributed by atoms with E-state index in [0.29, 0.717) is 17.5 Å². The molecule has 0 atom stereocenters. The highest BCUT2D eigenvalue weighted by Gasteiger charge is 2.25. The molecular weight excluding hydrogens is 412 g/mol. The number of aromatic hydroxyl groups is 2. The number of aromatic nitrogens is 1. The molecule has 0 saturated heterocycles. The largest absolute Gasteiger partial charge is 0.507 e. The third-order valence-corrected chi connectivity index (χ3v) is 5.72. The minimum Gasteiger partial charge on any atom is -0.507 e. The van der Waals surface area contributed by atoms with Gasteiger partial charge in [-0.3, -0.25) is 9.78 Å². The monoisotopic (exact) mass is 444 g/mol. The number of unbranched alkanes of at least 4 members (excludes halogenated alkanes) is 2. The number of rotatable bonds is 9. The summed E-state index contributed by atoms with van der Waals surface area (Å²) in [6, 6.07) is 11.1. The van der Waals surface area contributed by atoms with Crippen LogP contribution < -0.4 is 5.32 Å². The van der Waals surface area contributed by atoms with E-state index < -0.39 is 0 Å². The summed E-state index contributed by atoms with van der Waals surface area (Å²) < 4.78 is 0. The molecule has 33 heavy (non-hydrogen) atoms. The lowest BCUT2D eigenvalue weighted by atomic mass is 9.89. The number of carbonyl (C=O) groups excluding carboxylic acids is 1. The molecule has 0 saturated carbocycles. The van der Waals surface area contributed by atoms with E-state index in [2.05, 4.69) is 23.8 Å². The minimum atomic E-state index is -0.381. The van der Waals surface area contributed by atoms with E-state index in [1.807, 2.05) is 44.2 Å². The van der Waals surface area contributed by atoms with Crippen LogP contribution in [0.25, 0.3) is 16.7 Å². The molecule has 0 fully saturated rings. The first-order chi connectivity index (χ1) is 15.8. The maximum absolute atomic E-state index is 13.3. The lowest BCUT2D eigenvalue weighted by molar-refractivity contribution is 0.0947. The lowest BCUT2D eigenvalue weighted by Crippen LogP contribution is -2.24. The Morgan fingerprint density at radius 1 is 1.15 bits per heavy atom. The lowest BCUT2D eigenvalue weighted by Gasteiger charge is -2.19. The van der Waals surface area contributed by atoms with Crippen molar-refractivity contribution < 1.29 is 15.0 Å². The topological polar surface area (TPSA) is 82.5 Å². The summed E-state index contributed by atoms with van der Waals surface area (Å²) >= 11 is 0. The number of amides is 1. The number of allylic oxidation sites excluding steroid dienone is 1. The van der Waals surface area contributed by atoms with Crippen LogP contribution in [0, 0.1) is 6.92 Å². The molecule has 1 heterocycles. The van der Waals surface area contributed by atoms with Crippen LogP contribution in [0.1, 0.15) is 65.7 Å². The van der Waals surface area contributed by atoms with Crippen LogP contribution >= 0.6 is 0 Å². The first-order valence-corrected chi connectivity index (χ1v) is 11.3. The van der Waals surface area contributed by atoms with Crippen molar-refractivity contribution in [2.45, 2.75) is 53.0 Å². The average Bonchev–Trinajstić information content (AvgIpc) is 2.78. The number of hydrogen-bond acceptors (Lipinski definition) is 4. The Morgan fingerprint density at radius 3 is 2.61 bits per heavy atom. The zero-order valence-corrected chi connectivity index (χ0v) is 19.6. The molecule has 0 aliphatic carbocycles. The highest BCUT2D eigenvalue weighted by molar-refractivity contribution is 6.02. The highest BCUT2D eigenvalue weighted by atomic mass is 16.3. The Kier molecular flexibility index (Phi) is 7.88. The van der Waals surface area contributed by atoms with Crippen molar-refractivity contribution in [3.05, 3.63) is 83.2 Å².